The summed E-state index contributed by atoms with van der Waals surface area (Å²) in [6, 6.07) is 0. The molecule has 2 aliphatic heterocycles. The van der Waals surface area contributed by atoms with Gasteiger partial charge in [0.15, 0.2) is 5.78 Å². The van der Waals surface area contributed by atoms with Crippen molar-refractivity contribution in [3.63, 3.8) is 0 Å². The van der Waals surface area contributed by atoms with Crippen molar-refractivity contribution < 1.29 is 66.2 Å². The molecule has 0 spiro atoms. The first kappa shape index (κ1) is 25.8. The quantitative estimate of drug-likeness (QED) is 0.172. The number of ketones is 1. The van der Waals surface area contributed by atoms with E-state index in [0.29, 0.717) is 0 Å². The highest BCUT2D eigenvalue weighted by Gasteiger charge is 2.55. The molecular weight excluding hydrogens is 495 g/mol. The van der Waals surface area contributed by atoms with Crippen LogP contribution in [0.5, 0.6) is 0 Å². The van der Waals surface area contributed by atoms with Gasteiger partial charge in [-0.15, -0.1) is 11.8 Å². The van der Waals surface area contributed by atoms with Crippen molar-refractivity contribution in [3.05, 3.63) is 12.3 Å². The van der Waals surface area contributed by atoms with Crippen LogP contribution in [0, 0.1) is 0 Å². The van der Waals surface area contributed by atoms with Gasteiger partial charge < -0.3 is 34.7 Å². The van der Waals surface area contributed by atoms with Crippen LogP contribution in [0.1, 0.15) is 13.3 Å². The Kier molecular flexibility index (Phi) is 7.60. The molecule has 15 nitrogen and oxygen atoms in total. The molecule has 6 N–H and O–H groups in total. The Labute approximate surface area is 173 Å². The van der Waals surface area contributed by atoms with Gasteiger partial charge in [-0.2, -0.15) is 8.62 Å². The lowest BCUT2D eigenvalue weighted by Crippen LogP contribution is -2.53. The fourth-order valence-corrected chi connectivity index (χ4v) is 7.38. The highest BCUT2D eigenvalue weighted by molar-refractivity contribution is 8.01. The average Bonchev–Trinajstić information content (AvgIpc) is 2.73. The average molecular weight is 513 g/mol. The highest BCUT2D eigenvalue weighted by Crippen LogP contribution is 2.66. The largest absolute Gasteiger partial charge is 0.490 e. The van der Waals surface area contributed by atoms with E-state index in [9.17, 15) is 38.4 Å². The molecule has 2 unspecified atom stereocenters. The number of phosphoric ester groups is 1. The molecule has 0 radical (unpaired) electrons. The molecule has 0 aromatic rings. The summed E-state index contributed by atoms with van der Waals surface area (Å²) < 4.78 is 45.3. The van der Waals surface area contributed by atoms with Crippen LogP contribution in [0.3, 0.4) is 0 Å². The zero-order valence-electron chi connectivity index (χ0n) is 14.9. The predicted molar refractivity (Wildman–Crippen MR) is 97.2 cm³/mol. The van der Waals surface area contributed by atoms with Crippen molar-refractivity contribution in [1.82, 2.24) is 4.90 Å². The van der Waals surface area contributed by atoms with Gasteiger partial charge in [0.2, 0.25) is 5.91 Å². The van der Waals surface area contributed by atoms with E-state index >= 15 is 0 Å². The van der Waals surface area contributed by atoms with E-state index in [4.69, 9.17) is 14.7 Å². The van der Waals surface area contributed by atoms with E-state index < -0.39 is 70.5 Å². The monoisotopic (exact) mass is 513 g/mol. The number of allylic oxidation sites excluding steroid dienone is 1. The van der Waals surface area contributed by atoms with Crippen molar-refractivity contribution in [2.75, 3.05) is 6.61 Å². The number of hydrogen-bond acceptors (Lipinski definition) is 11. The summed E-state index contributed by atoms with van der Waals surface area (Å²) in [6.07, 6.45) is 0.145. The molecule has 1 fully saturated rings. The molecule has 172 valence electrons. The molecule has 0 aliphatic carbocycles. The van der Waals surface area contributed by atoms with Crippen LogP contribution in [-0.2, 0) is 36.4 Å². The van der Waals surface area contributed by atoms with Crippen LogP contribution in [0.15, 0.2) is 12.3 Å². The van der Waals surface area contributed by atoms with Crippen LogP contribution in [0.4, 0.5) is 0 Å². The fraction of sp³-hybridized carbons (Fsp3) is 0.636. The smallest absolute Gasteiger partial charge is 0.389 e. The third-order valence-electron chi connectivity index (χ3n) is 3.86. The molecule has 2 heterocycles. The Balaban J connectivity index is 2.07. The molecule has 0 aromatic carbocycles. The van der Waals surface area contributed by atoms with Crippen molar-refractivity contribution in [2.24, 2.45) is 0 Å². The SMILES string of the molecule is C[C@@]1(O)[C@H](O)[C@@H](COP(=O)(O)OP(=O)(O)OP(=O)(O)O)S[C@H]1N1C=CC(=O)CC1=O. The number of aliphatic hydroxyl groups excluding tert-OH is 1. The molecule has 6 atom stereocenters. The molecule has 2 aliphatic rings. The van der Waals surface area contributed by atoms with Gasteiger partial charge in [-0.1, -0.05) is 0 Å². The minimum absolute atomic E-state index is 0.452. The molecule has 1 amide bonds. The number of carbonyl (C=O) groups excluding carboxylic acids is 2. The van der Waals surface area contributed by atoms with Gasteiger partial charge in [0, 0.05) is 6.20 Å². The standard InChI is InChI=1S/C11H18NO14P3S/c1-11(16)9(15)7(30-10(11)12-3-2-6(13)4-8(12)14)5-24-28(20,21)26-29(22,23)25-27(17,18)19/h2-3,7,9-10,15-16H,4-5H2,1H3,(H,20,21)(H,22,23)(H2,17,18,19)/t7-,9-,10-,11-/m1/s1. The van der Waals surface area contributed by atoms with E-state index in [2.05, 4.69) is 13.1 Å². The van der Waals surface area contributed by atoms with Crippen molar-refractivity contribution in [1.29, 1.82) is 0 Å². The maximum atomic E-state index is 12.1. The molecule has 30 heavy (non-hydrogen) atoms. The van der Waals surface area contributed by atoms with E-state index in [0.717, 1.165) is 28.9 Å². The number of nitrogens with zero attached hydrogens (tertiary/aromatic N) is 1. The maximum Gasteiger partial charge on any atom is 0.490 e. The molecule has 0 bridgehead atoms. The molecule has 1 saturated heterocycles. The number of rotatable bonds is 8. The molecule has 2 rings (SSSR count). The number of phosphoric acid groups is 3. The summed E-state index contributed by atoms with van der Waals surface area (Å²) in [7, 11) is -16.7. The third-order valence-corrected chi connectivity index (χ3v) is 9.37. The van der Waals surface area contributed by atoms with Crippen LogP contribution in [0.25, 0.3) is 0 Å². The summed E-state index contributed by atoms with van der Waals surface area (Å²) in [5.41, 5.74) is -1.95. The molecule has 19 heteroatoms. The summed E-state index contributed by atoms with van der Waals surface area (Å²) in [5.74, 6) is -1.11. The topological polar surface area (TPSA) is 238 Å². The van der Waals surface area contributed by atoms with Gasteiger partial charge >= 0.3 is 23.5 Å². The van der Waals surface area contributed by atoms with Gasteiger partial charge in [-0.05, 0) is 13.0 Å². The first-order valence-corrected chi connectivity index (χ1v) is 13.3. The second kappa shape index (κ2) is 8.83. The summed E-state index contributed by atoms with van der Waals surface area (Å²) in [5, 5.41) is 18.6. The van der Waals surface area contributed by atoms with Crippen LogP contribution < -0.4 is 0 Å². The fourth-order valence-electron chi connectivity index (χ4n) is 2.60. The first-order valence-electron chi connectivity index (χ1n) is 7.80. The highest BCUT2D eigenvalue weighted by atomic mass is 32.2. The van der Waals surface area contributed by atoms with Gasteiger partial charge in [0.1, 0.15) is 11.0 Å². The second-order valence-corrected chi connectivity index (χ2v) is 12.1. The summed E-state index contributed by atoms with van der Waals surface area (Å²) >= 11 is 0.748. The van der Waals surface area contributed by atoms with Crippen LogP contribution in [0.2, 0.25) is 0 Å². The van der Waals surface area contributed by atoms with Crippen molar-refractivity contribution >= 4 is 46.9 Å². The Morgan fingerprint density at radius 2 is 1.77 bits per heavy atom. The second-order valence-electron chi connectivity index (χ2n) is 6.34. The lowest BCUT2D eigenvalue weighted by Gasteiger charge is -2.35. The zero-order valence-corrected chi connectivity index (χ0v) is 18.4. The van der Waals surface area contributed by atoms with E-state index in [-0.39, 0.29) is 0 Å². The van der Waals surface area contributed by atoms with E-state index in [1.807, 2.05) is 0 Å². The number of carbonyl (C=O) groups is 2. The minimum Gasteiger partial charge on any atom is -0.389 e. The Morgan fingerprint density at radius 3 is 2.30 bits per heavy atom. The normalized spacial score (nSPS) is 34.1. The van der Waals surface area contributed by atoms with Gasteiger partial charge in [-0.3, -0.25) is 14.1 Å². The molecule has 0 saturated carbocycles. The number of amides is 1. The lowest BCUT2D eigenvalue weighted by molar-refractivity contribution is -0.139. The predicted octanol–water partition coefficient (Wildman–Crippen LogP) is -0.802. The van der Waals surface area contributed by atoms with Crippen LogP contribution >= 0.6 is 35.2 Å². The zero-order chi connectivity index (χ0) is 23.1. The summed E-state index contributed by atoms with van der Waals surface area (Å²) in [6.45, 7) is 0.324. The van der Waals surface area contributed by atoms with Gasteiger partial charge in [-0.25, -0.2) is 13.7 Å². The van der Waals surface area contributed by atoms with E-state index in [1.165, 1.54) is 6.92 Å². The number of aliphatic hydroxyl groups is 2. The Morgan fingerprint density at radius 1 is 1.17 bits per heavy atom. The lowest BCUT2D eigenvalue weighted by atomic mass is 9.95. The number of thioether (sulfide) groups is 1. The van der Waals surface area contributed by atoms with Crippen LogP contribution in [-0.4, -0.2) is 75.3 Å². The first-order chi connectivity index (χ1) is 13.4. The Bertz CT molecular complexity index is 884. The summed E-state index contributed by atoms with van der Waals surface area (Å²) in [4.78, 5) is 59.9. The third kappa shape index (κ3) is 6.53. The van der Waals surface area contributed by atoms with E-state index in [1.54, 1.807) is 0 Å². The Hall–Kier alpha value is -0.440. The van der Waals surface area contributed by atoms with Gasteiger partial charge in [0.05, 0.1) is 24.4 Å². The van der Waals surface area contributed by atoms with Crippen molar-refractivity contribution in [3.8, 4) is 0 Å². The maximum absolute atomic E-state index is 12.1. The number of hydrogen-bond donors (Lipinski definition) is 6. The van der Waals surface area contributed by atoms with Gasteiger partial charge in [0.25, 0.3) is 0 Å². The van der Waals surface area contributed by atoms with Crippen molar-refractivity contribution in [2.45, 2.75) is 35.7 Å². The molecule has 0 aromatic heterocycles. The minimum atomic E-state index is -5.70. The molecular formula is C11H18NO14P3S.